The average molecular weight is 501 g/mol. The molecular weight excluding hydrogens is 472 g/mol. The fourth-order valence-corrected chi connectivity index (χ4v) is 4.50. The predicted octanol–water partition coefficient (Wildman–Crippen LogP) is 5.34. The topological polar surface area (TPSA) is 84.4 Å². The third kappa shape index (κ3) is 7.07. The molecule has 36 heavy (non-hydrogen) atoms. The highest BCUT2D eigenvalue weighted by Gasteiger charge is 2.23. The van der Waals surface area contributed by atoms with Gasteiger partial charge in [-0.15, -0.1) is 10.2 Å². The highest BCUT2D eigenvalue weighted by atomic mass is 32.1. The summed E-state index contributed by atoms with van der Waals surface area (Å²) in [4.78, 5) is 27.5. The summed E-state index contributed by atoms with van der Waals surface area (Å²) in [5.41, 5.74) is 2.93. The van der Waals surface area contributed by atoms with Crippen LogP contribution in [0.15, 0.2) is 91.0 Å². The first-order valence-electron chi connectivity index (χ1n) is 11.7. The molecule has 0 aliphatic heterocycles. The molecule has 2 amide bonds. The molecule has 0 aliphatic carbocycles. The Morgan fingerprint density at radius 3 is 2.25 bits per heavy atom. The molecule has 1 atom stereocenters. The van der Waals surface area contributed by atoms with Gasteiger partial charge >= 0.3 is 0 Å². The lowest BCUT2D eigenvalue weighted by Gasteiger charge is -2.29. The maximum absolute atomic E-state index is 13.1. The molecule has 4 aromatic rings. The number of rotatable bonds is 11. The number of amides is 2. The second-order valence-electron chi connectivity index (χ2n) is 8.23. The summed E-state index contributed by atoms with van der Waals surface area (Å²) >= 11 is 1.31. The molecule has 0 spiro atoms. The number of carbonyl (C=O) groups excluding carboxylic acids is 2. The second-order valence-corrected chi connectivity index (χ2v) is 9.21. The number of aromatic nitrogens is 2. The van der Waals surface area contributed by atoms with E-state index in [1.807, 2.05) is 97.9 Å². The van der Waals surface area contributed by atoms with E-state index < -0.39 is 0 Å². The van der Waals surface area contributed by atoms with Crippen LogP contribution < -0.4 is 5.32 Å². The van der Waals surface area contributed by atoms with Crippen LogP contribution in [0.2, 0.25) is 0 Å². The Morgan fingerprint density at radius 1 is 0.917 bits per heavy atom. The summed E-state index contributed by atoms with van der Waals surface area (Å²) in [5.74, 6) is -0.397. The standard InChI is InChI=1S/C28H28N4O3S/c1-21(23-13-7-3-8-14-23)32(26(34)20-35-19-22-11-5-2-6-12-22)18-17-25(33)29-28-31-30-27(36-28)24-15-9-4-10-16-24/h2-16,21H,17-20H2,1H3,(H,29,31,33)/t21-/m1/s1. The van der Waals surface area contributed by atoms with Crippen LogP contribution in [0, 0.1) is 0 Å². The second kappa shape index (κ2) is 12.7. The SMILES string of the molecule is C[C@H](c1ccccc1)N(CCC(=O)Nc1nnc(-c2ccccc2)s1)C(=O)COCc1ccccc1. The summed E-state index contributed by atoms with van der Waals surface area (Å²) in [6.45, 7) is 2.49. The van der Waals surface area contributed by atoms with E-state index in [-0.39, 0.29) is 37.4 Å². The summed E-state index contributed by atoms with van der Waals surface area (Å²) in [6.07, 6.45) is 0.127. The molecule has 1 N–H and O–H groups in total. The lowest BCUT2D eigenvalue weighted by molar-refractivity contribution is -0.139. The molecule has 0 fully saturated rings. The Labute approximate surface area is 214 Å². The maximum Gasteiger partial charge on any atom is 0.249 e. The van der Waals surface area contributed by atoms with E-state index in [2.05, 4.69) is 15.5 Å². The van der Waals surface area contributed by atoms with E-state index in [0.717, 1.165) is 21.7 Å². The number of nitrogens with zero attached hydrogens (tertiary/aromatic N) is 3. The zero-order chi connectivity index (χ0) is 25.2. The molecule has 0 bridgehead atoms. The predicted molar refractivity (Wildman–Crippen MR) is 141 cm³/mol. The maximum atomic E-state index is 13.1. The van der Waals surface area contributed by atoms with Gasteiger partial charge in [0.1, 0.15) is 11.6 Å². The van der Waals surface area contributed by atoms with Gasteiger partial charge in [-0.05, 0) is 18.1 Å². The van der Waals surface area contributed by atoms with Crippen LogP contribution in [-0.2, 0) is 20.9 Å². The van der Waals surface area contributed by atoms with Crippen LogP contribution in [0.1, 0.15) is 30.5 Å². The van der Waals surface area contributed by atoms with Crippen molar-refractivity contribution in [3.05, 3.63) is 102 Å². The minimum Gasteiger partial charge on any atom is -0.367 e. The number of anilines is 1. The molecule has 184 valence electrons. The van der Waals surface area contributed by atoms with Crippen molar-refractivity contribution in [1.29, 1.82) is 0 Å². The number of hydrogen-bond donors (Lipinski definition) is 1. The molecule has 0 saturated carbocycles. The average Bonchev–Trinajstić information content (AvgIpc) is 3.38. The van der Waals surface area contributed by atoms with Gasteiger partial charge in [-0.2, -0.15) is 0 Å². The Balaban J connectivity index is 1.36. The third-order valence-corrected chi connectivity index (χ3v) is 6.57. The molecule has 1 heterocycles. The first-order chi connectivity index (χ1) is 17.6. The summed E-state index contributed by atoms with van der Waals surface area (Å²) in [6, 6.07) is 28.9. The smallest absolute Gasteiger partial charge is 0.249 e. The molecule has 3 aromatic carbocycles. The van der Waals surface area contributed by atoms with Crippen LogP contribution in [0.5, 0.6) is 0 Å². The highest BCUT2D eigenvalue weighted by Crippen LogP contribution is 2.26. The van der Waals surface area contributed by atoms with Crippen molar-refractivity contribution < 1.29 is 14.3 Å². The van der Waals surface area contributed by atoms with Gasteiger partial charge in [-0.3, -0.25) is 9.59 Å². The first kappa shape index (κ1) is 25.2. The van der Waals surface area contributed by atoms with Crippen LogP contribution in [0.25, 0.3) is 10.6 Å². The van der Waals surface area contributed by atoms with E-state index in [0.29, 0.717) is 11.7 Å². The van der Waals surface area contributed by atoms with Crippen LogP contribution in [0.4, 0.5) is 5.13 Å². The molecule has 0 aliphatic rings. The molecule has 0 unspecified atom stereocenters. The number of benzene rings is 3. The first-order valence-corrected chi connectivity index (χ1v) is 12.6. The molecule has 1 aromatic heterocycles. The van der Waals surface area contributed by atoms with Crippen LogP contribution in [-0.4, -0.2) is 40.1 Å². The van der Waals surface area contributed by atoms with Gasteiger partial charge < -0.3 is 15.0 Å². The normalized spacial score (nSPS) is 11.6. The summed E-state index contributed by atoms with van der Waals surface area (Å²) in [5, 5.41) is 12.2. The molecule has 7 nitrogen and oxygen atoms in total. The number of carbonyl (C=O) groups is 2. The van der Waals surface area contributed by atoms with E-state index in [1.54, 1.807) is 4.90 Å². The third-order valence-electron chi connectivity index (χ3n) is 5.68. The highest BCUT2D eigenvalue weighted by molar-refractivity contribution is 7.18. The lowest BCUT2D eigenvalue weighted by Crippen LogP contribution is -2.38. The minimum absolute atomic E-state index is 0.0650. The molecule has 0 radical (unpaired) electrons. The Bertz CT molecular complexity index is 1250. The van der Waals surface area contributed by atoms with Gasteiger partial charge in [0.2, 0.25) is 16.9 Å². The zero-order valence-electron chi connectivity index (χ0n) is 20.0. The molecule has 8 heteroatoms. The van der Waals surface area contributed by atoms with Gasteiger partial charge in [-0.1, -0.05) is 102 Å². The van der Waals surface area contributed by atoms with E-state index >= 15 is 0 Å². The van der Waals surface area contributed by atoms with Gasteiger partial charge in [0, 0.05) is 18.5 Å². The summed E-state index contributed by atoms with van der Waals surface area (Å²) < 4.78 is 5.69. The van der Waals surface area contributed by atoms with Crippen molar-refractivity contribution in [2.75, 3.05) is 18.5 Å². The van der Waals surface area contributed by atoms with Crippen LogP contribution in [0.3, 0.4) is 0 Å². The van der Waals surface area contributed by atoms with E-state index in [4.69, 9.17) is 4.74 Å². The van der Waals surface area contributed by atoms with Crippen molar-refractivity contribution in [3.63, 3.8) is 0 Å². The molecular formula is C28H28N4O3S. The van der Waals surface area contributed by atoms with Gasteiger partial charge in [0.25, 0.3) is 0 Å². The number of nitrogens with one attached hydrogen (secondary N) is 1. The molecule has 0 saturated heterocycles. The monoisotopic (exact) mass is 500 g/mol. The van der Waals surface area contributed by atoms with Crippen molar-refractivity contribution in [2.45, 2.75) is 26.0 Å². The fraction of sp³-hybridized carbons (Fsp3) is 0.214. The van der Waals surface area contributed by atoms with Crippen molar-refractivity contribution in [1.82, 2.24) is 15.1 Å². The van der Waals surface area contributed by atoms with Gasteiger partial charge in [-0.25, -0.2) is 0 Å². The Hall–Kier alpha value is -3.88. The fourth-order valence-electron chi connectivity index (χ4n) is 3.73. The Morgan fingerprint density at radius 2 is 1.56 bits per heavy atom. The van der Waals surface area contributed by atoms with E-state index in [1.165, 1.54) is 11.3 Å². The van der Waals surface area contributed by atoms with Crippen molar-refractivity contribution >= 4 is 28.3 Å². The zero-order valence-corrected chi connectivity index (χ0v) is 20.9. The number of ether oxygens (including phenoxy) is 1. The van der Waals surface area contributed by atoms with E-state index in [9.17, 15) is 9.59 Å². The van der Waals surface area contributed by atoms with Crippen LogP contribution >= 0.6 is 11.3 Å². The van der Waals surface area contributed by atoms with Gasteiger partial charge in [0.05, 0.1) is 12.6 Å². The Kier molecular flexibility index (Phi) is 8.91. The summed E-state index contributed by atoms with van der Waals surface area (Å²) in [7, 11) is 0. The molecule has 4 rings (SSSR count). The van der Waals surface area contributed by atoms with Crippen molar-refractivity contribution in [3.8, 4) is 10.6 Å². The number of hydrogen-bond acceptors (Lipinski definition) is 6. The minimum atomic E-state index is -0.228. The van der Waals surface area contributed by atoms with Gasteiger partial charge in [0.15, 0.2) is 0 Å². The van der Waals surface area contributed by atoms with Crippen molar-refractivity contribution in [2.24, 2.45) is 0 Å². The largest absolute Gasteiger partial charge is 0.367 e. The quantitative estimate of drug-likeness (QED) is 0.301. The lowest BCUT2D eigenvalue weighted by atomic mass is 10.1.